The molecule has 0 aliphatic carbocycles. The fraction of sp³-hybridized carbons (Fsp3) is 0.583. The van der Waals surface area contributed by atoms with Gasteiger partial charge < -0.3 is 29.7 Å². The fourth-order valence-electron chi connectivity index (χ4n) is 3.45. The van der Waals surface area contributed by atoms with Gasteiger partial charge in [0.25, 0.3) is 5.91 Å². The lowest BCUT2D eigenvalue weighted by molar-refractivity contribution is -0.145. The monoisotopic (exact) mass is 477 g/mol. The van der Waals surface area contributed by atoms with Crippen LogP contribution in [0.25, 0.3) is 0 Å². The Hall–Kier alpha value is -3.30. The van der Waals surface area contributed by atoms with E-state index in [0.29, 0.717) is 30.7 Å². The topological polar surface area (TPSA) is 123 Å². The molecule has 0 radical (unpaired) electrons. The molecule has 2 rings (SSSR count). The summed E-state index contributed by atoms with van der Waals surface area (Å²) in [6.45, 7) is 7.76. The van der Waals surface area contributed by atoms with E-state index < -0.39 is 35.5 Å². The van der Waals surface area contributed by atoms with Gasteiger partial charge in [-0.25, -0.2) is 9.59 Å². The Balaban J connectivity index is 1.97. The van der Waals surface area contributed by atoms with Crippen LogP contribution in [-0.4, -0.2) is 73.8 Å². The molecule has 10 heteroatoms. The van der Waals surface area contributed by atoms with Crippen LogP contribution in [-0.2, 0) is 19.1 Å². The fourth-order valence-corrected chi connectivity index (χ4v) is 3.45. The second kappa shape index (κ2) is 12.2. The number of carbonyl (C=O) groups is 4. The minimum Gasteiger partial charge on any atom is -0.497 e. The van der Waals surface area contributed by atoms with Gasteiger partial charge in [-0.2, -0.15) is 0 Å². The Labute approximate surface area is 200 Å². The van der Waals surface area contributed by atoms with Gasteiger partial charge >= 0.3 is 12.1 Å². The molecule has 1 heterocycles. The maximum absolute atomic E-state index is 12.8. The molecule has 1 fully saturated rings. The lowest BCUT2D eigenvalue weighted by atomic mass is 9.97. The largest absolute Gasteiger partial charge is 0.497 e. The number of hydrogen-bond donors (Lipinski definition) is 2. The van der Waals surface area contributed by atoms with Gasteiger partial charge in [0.05, 0.1) is 19.6 Å². The first-order chi connectivity index (χ1) is 16.0. The molecule has 0 bridgehead atoms. The number of carbonyl (C=O) groups excluding carboxylic acids is 4. The first-order valence-corrected chi connectivity index (χ1v) is 11.4. The molecular weight excluding hydrogens is 442 g/mol. The number of likely N-dealkylation sites (tertiary alicyclic amines) is 1. The molecule has 1 aliphatic heterocycles. The Morgan fingerprint density at radius 3 is 2.41 bits per heavy atom. The molecule has 3 amide bonds. The summed E-state index contributed by atoms with van der Waals surface area (Å²) in [6.07, 6.45) is 0.807. The quantitative estimate of drug-likeness (QED) is 0.550. The van der Waals surface area contributed by atoms with Crippen molar-refractivity contribution in [2.24, 2.45) is 5.92 Å². The van der Waals surface area contributed by atoms with Gasteiger partial charge in [0.15, 0.2) is 0 Å². The highest BCUT2D eigenvalue weighted by Gasteiger charge is 2.32. The van der Waals surface area contributed by atoms with E-state index >= 15 is 0 Å². The summed E-state index contributed by atoms with van der Waals surface area (Å²) in [5, 5.41) is 5.33. The van der Waals surface area contributed by atoms with E-state index in [1.54, 1.807) is 52.0 Å². The van der Waals surface area contributed by atoms with Crippen LogP contribution in [0.5, 0.6) is 5.75 Å². The Kier molecular flexibility index (Phi) is 9.70. The predicted octanol–water partition coefficient (Wildman–Crippen LogP) is 2.12. The predicted molar refractivity (Wildman–Crippen MR) is 124 cm³/mol. The summed E-state index contributed by atoms with van der Waals surface area (Å²) >= 11 is 0. The highest BCUT2D eigenvalue weighted by atomic mass is 16.6. The molecule has 0 unspecified atom stereocenters. The van der Waals surface area contributed by atoms with Crippen LogP contribution < -0.4 is 15.4 Å². The van der Waals surface area contributed by atoms with Crippen molar-refractivity contribution in [2.45, 2.75) is 52.2 Å². The Morgan fingerprint density at radius 2 is 1.82 bits per heavy atom. The van der Waals surface area contributed by atoms with Gasteiger partial charge in [-0.1, -0.05) is 0 Å². The maximum atomic E-state index is 12.8. The number of benzene rings is 1. The number of ether oxygens (including phenoxy) is 3. The van der Waals surface area contributed by atoms with Crippen molar-refractivity contribution in [3.05, 3.63) is 29.8 Å². The van der Waals surface area contributed by atoms with Crippen molar-refractivity contribution in [3.8, 4) is 5.75 Å². The van der Waals surface area contributed by atoms with E-state index in [1.807, 2.05) is 0 Å². The Morgan fingerprint density at radius 1 is 1.15 bits per heavy atom. The zero-order valence-corrected chi connectivity index (χ0v) is 20.5. The minimum absolute atomic E-state index is 0.134. The highest BCUT2D eigenvalue weighted by Crippen LogP contribution is 2.19. The van der Waals surface area contributed by atoms with Crippen LogP contribution in [0.4, 0.5) is 4.79 Å². The summed E-state index contributed by atoms with van der Waals surface area (Å²) < 4.78 is 15.5. The van der Waals surface area contributed by atoms with E-state index in [-0.39, 0.29) is 25.6 Å². The Bertz CT molecular complexity index is 864. The SMILES string of the molecule is CCOC(=O)[C@H](CNC(=O)[C@@H]1CCCN(C(=O)OC(C)(C)C)C1)NC(=O)c1ccc(OC)cc1. The molecule has 1 aromatic rings. The van der Waals surface area contributed by atoms with Crippen molar-refractivity contribution in [2.75, 3.05) is 33.4 Å². The third kappa shape index (κ3) is 8.24. The van der Waals surface area contributed by atoms with Crippen LogP contribution in [0.2, 0.25) is 0 Å². The lowest BCUT2D eigenvalue weighted by Gasteiger charge is -2.33. The molecule has 1 aromatic carbocycles. The number of nitrogens with one attached hydrogen (secondary N) is 2. The molecule has 0 saturated carbocycles. The molecular formula is C24H35N3O7. The number of amides is 3. The minimum atomic E-state index is -1.07. The third-order valence-electron chi connectivity index (χ3n) is 5.15. The van der Waals surface area contributed by atoms with Gasteiger partial charge in [0, 0.05) is 25.2 Å². The van der Waals surface area contributed by atoms with Gasteiger partial charge in [0.1, 0.15) is 17.4 Å². The average molecular weight is 478 g/mol. The van der Waals surface area contributed by atoms with Crippen molar-refractivity contribution in [1.29, 1.82) is 0 Å². The number of rotatable bonds is 8. The first-order valence-electron chi connectivity index (χ1n) is 11.4. The number of methoxy groups -OCH3 is 1. The molecule has 1 aliphatic rings. The van der Waals surface area contributed by atoms with E-state index in [9.17, 15) is 19.2 Å². The lowest BCUT2D eigenvalue weighted by Crippen LogP contribution is -2.52. The van der Waals surface area contributed by atoms with Gasteiger partial charge in [-0.3, -0.25) is 9.59 Å². The molecule has 188 valence electrons. The molecule has 0 aromatic heterocycles. The van der Waals surface area contributed by atoms with Crippen LogP contribution in [0, 0.1) is 5.92 Å². The normalized spacial score (nSPS) is 16.7. The molecule has 2 atom stereocenters. The smallest absolute Gasteiger partial charge is 0.410 e. The van der Waals surface area contributed by atoms with E-state index in [2.05, 4.69) is 10.6 Å². The zero-order valence-electron chi connectivity index (χ0n) is 20.5. The number of esters is 1. The van der Waals surface area contributed by atoms with E-state index in [4.69, 9.17) is 14.2 Å². The second-order valence-electron chi connectivity index (χ2n) is 9.02. The van der Waals surface area contributed by atoms with Crippen molar-refractivity contribution in [1.82, 2.24) is 15.5 Å². The second-order valence-corrected chi connectivity index (χ2v) is 9.02. The van der Waals surface area contributed by atoms with Gasteiger partial charge in [0.2, 0.25) is 5.91 Å². The van der Waals surface area contributed by atoms with Crippen molar-refractivity contribution < 1.29 is 33.4 Å². The van der Waals surface area contributed by atoms with Crippen LogP contribution in [0.3, 0.4) is 0 Å². The maximum Gasteiger partial charge on any atom is 0.410 e. The van der Waals surface area contributed by atoms with Crippen molar-refractivity contribution >= 4 is 23.9 Å². The van der Waals surface area contributed by atoms with Gasteiger partial charge in [-0.15, -0.1) is 0 Å². The molecule has 0 spiro atoms. The highest BCUT2D eigenvalue weighted by molar-refractivity contribution is 5.97. The molecule has 10 nitrogen and oxygen atoms in total. The van der Waals surface area contributed by atoms with Crippen molar-refractivity contribution in [3.63, 3.8) is 0 Å². The molecule has 2 N–H and O–H groups in total. The average Bonchev–Trinajstić information content (AvgIpc) is 2.80. The number of nitrogens with zero attached hydrogens (tertiary/aromatic N) is 1. The summed E-state index contributed by atoms with van der Waals surface area (Å²) in [5.74, 6) is -1.28. The zero-order chi connectivity index (χ0) is 25.3. The first kappa shape index (κ1) is 26.9. The number of hydrogen-bond acceptors (Lipinski definition) is 7. The third-order valence-corrected chi connectivity index (χ3v) is 5.15. The van der Waals surface area contributed by atoms with Crippen LogP contribution in [0.1, 0.15) is 50.9 Å². The van der Waals surface area contributed by atoms with Gasteiger partial charge in [-0.05, 0) is 64.8 Å². The summed E-state index contributed by atoms with van der Waals surface area (Å²) in [6, 6.07) is 5.35. The molecule has 1 saturated heterocycles. The summed E-state index contributed by atoms with van der Waals surface area (Å²) in [7, 11) is 1.52. The van der Waals surface area contributed by atoms with Crippen LogP contribution in [0.15, 0.2) is 24.3 Å². The number of piperidine rings is 1. The molecule has 34 heavy (non-hydrogen) atoms. The van der Waals surface area contributed by atoms with E-state index in [1.165, 1.54) is 12.0 Å². The standard InChI is InChI=1S/C24H35N3O7/c1-6-33-22(30)19(26-21(29)16-9-11-18(32-5)12-10-16)14-25-20(28)17-8-7-13-27(15-17)23(31)34-24(2,3)4/h9-12,17,19H,6-8,13-15H2,1-5H3,(H,25,28)(H,26,29)/t17-,19+/m1/s1. The summed E-state index contributed by atoms with van der Waals surface area (Å²) in [5.41, 5.74) is -0.289. The summed E-state index contributed by atoms with van der Waals surface area (Å²) in [4.78, 5) is 51.7. The van der Waals surface area contributed by atoms with Crippen LogP contribution >= 0.6 is 0 Å². The van der Waals surface area contributed by atoms with E-state index in [0.717, 1.165) is 0 Å².